The summed E-state index contributed by atoms with van der Waals surface area (Å²) in [6, 6.07) is 4.53. The van der Waals surface area contributed by atoms with E-state index in [4.69, 9.17) is 4.74 Å². The van der Waals surface area contributed by atoms with Crippen LogP contribution in [0, 0.1) is 0 Å². The molecule has 1 aliphatic carbocycles. The molecule has 2 nitrogen and oxygen atoms in total. The highest BCUT2D eigenvalue weighted by molar-refractivity contribution is 5.35. The Kier molecular flexibility index (Phi) is 5.03. The van der Waals surface area contributed by atoms with E-state index in [1.54, 1.807) is 20.8 Å². The number of halogens is 9. The maximum atomic E-state index is 14.8. The molecule has 1 N–H and O–H groups in total. The van der Waals surface area contributed by atoms with Gasteiger partial charge in [0.1, 0.15) is 11.4 Å². The van der Waals surface area contributed by atoms with Crippen molar-refractivity contribution in [3.05, 3.63) is 29.8 Å². The lowest BCUT2D eigenvalue weighted by Gasteiger charge is -2.37. The third-order valence-electron chi connectivity index (χ3n) is 4.65. The van der Waals surface area contributed by atoms with Gasteiger partial charge in [-0.2, -0.15) is 35.1 Å². The summed E-state index contributed by atoms with van der Waals surface area (Å²) >= 11 is 0. The molecule has 0 heterocycles. The number of benzene rings is 1. The summed E-state index contributed by atoms with van der Waals surface area (Å²) in [6.07, 6.45) is -2.43. The van der Waals surface area contributed by atoms with Crippen molar-refractivity contribution in [2.45, 2.75) is 74.7 Å². The minimum atomic E-state index is -6.68. The van der Waals surface area contributed by atoms with E-state index in [-0.39, 0.29) is 5.75 Å². The summed E-state index contributed by atoms with van der Waals surface area (Å²) in [4.78, 5) is 0. The van der Waals surface area contributed by atoms with E-state index in [9.17, 15) is 44.6 Å². The molecule has 1 unspecified atom stereocenters. The van der Waals surface area contributed by atoms with Gasteiger partial charge in [-0.3, -0.25) is 0 Å². The Morgan fingerprint density at radius 3 is 1.66 bits per heavy atom. The zero-order valence-electron chi connectivity index (χ0n) is 15.8. The molecule has 1 saturated carbocycles. The van der Waals surface area contributed by atoms with Crippen molar-refractivity contribution in [1.29, 1.82) is 0 Å². The Morgan fingerprint density at radius 1 is 0.793 bits per heavy atom. The fourth-order valence-electron chi connectivity index (χ4n) is 3.14. The predicted molar refractivity (Wildman–Crippen MR) is 84.6 cm³/mol. The van der Waals surface area contributed by atoms with Crippen LogP contribution in [0.15, 0.2) is 24.3 Å². The molecule has 11 heteroatoms. The lowest BCUT2D eigenvalue weighted by atomic mass is 9.80. The zero-order chi connectivity index (χ0) is 22.9. The van der Waals surface area contributed by atoms with Gasteiger partial charge in [-0.05, 0) is 45.4 Å². The Morgan fingerprint density at radius 2 is 1.24 bits per heavy atom. The lowest BCUT2D eigenvalue weighted by Crippen LogP contribution is -2.57. The number of aliphatic hydroxyl groups is 1. The molecule has 0 aromatic heterocycles. The molecule has 0 radical (unpaired) electrons. The van der Waals surface area contributed by atoms with Crippen molar-refractivity contribution in [2.75, 3.05) is 0 Å². The summed E-state index contributed by atoms with van der Waals surface area (Å²) in [7, 11) is 0. The molecule has 0 aliphatic heterocycles. The molecular weight excluding hydrogens is 419 g/mol. The molecule has 29 heavy (non-hydrogen) atoms. The van der Waals surface area contributed by atoms with Crippen LogP contribution in [-0.4, -0.2) is 40.1 Å². The first-order valence-electron chi connectivity index (χ1n) is 8.36. The number of hydrogen-bond acceptors (Lipinski definition) is 2. The molecule has 1 aromatic rings. The van der Waals surface area contributed by atoms with Gasteiger partial charge in [0.15, 0.2) is 0 Å². The van der Waals surface area contributed by atoms with Crippen LogP contribution in [0.3, 0.4) is 0 Å². The normalized spacial score (nSPS) is 26.0. The van der Waals surface area contributed by atoms with Crippen LogP contribution in [0.2, 0.25) is 0 Å². The number of alkyl halides is 9. The van der Waals surface area contributed by atoms with E-state index in [0.29, 0.717) is 6.92 Å². The van der Waals surface area contributed by atoms with E-state index in [1.165, 1.54) is 12.1 Å². The fraction of sp³-hybridized carbons (Fsp3) is 0.667. The molecule has 1 aliphatic rings. The van der Waals surface area contributed by atoms with E-state index in [0.717, 1.165) is 12.1 Å². The van der Waals surface area contributed by atoms with Crippen LogP contribution < -0.4 is 4.74 Å². The summed E-state index contributed by atoms with van der Waals surface area (Å²) in [5, 5.41) is 10.4. The molecule has 0 bridgehead atoms. The molecule has 1 atom stereocenters. The van der Waals surface area contributed by atoms with Crippen LogP contribution in [0.4, 0.5) is 39.5 Å². The minimum Gasteiger partial charge on any atom is -0.488 e. The van der Waals surface area contributed by atoms with E-state index in [2.05, 4.69) is 0 Å². The maximum absolute atomic E-state index is 14.8. The van der Waals surface area contributed by atoms with Crippen molar-refractivity contribution in [1.82, 2.24) is 0 Å². The van der Waals surface area contributed by atoms with Crippen LogP contribution in [0.1, 0.15) is 39.7 Å². The zero-order valence-corrected chi connectivity index (χ0v) is 15.8. The number of rotatable bonds is 4. The van der Waals surface area contributed by atoms with Crippen molar-refractivity contribution >= 4 is 0 Å². The topological polar surface area (TPSA) is 29.5 Å². The van der Waals surface area contributed by atoms with Gasteiger partial charge < -0.3 is 9.84 Å². The van der Waals surface area contributed by atoms with Gasteiger partial charge in [0.2, 0.25) is 0 Å². The van der Waals surface area contributed by atoms with Gasteiger partial charge in [0, 0.05) is 6.42 Å². The first-order valence-corrected chi connectivity index (χ1v) is 8.36. The SMILES string of the molecule is CC(C)(C)Oc1cccc(C(C)(O)CC2(F)C(F)(F)C(F)(F)C(F)(F)C2(F)F)c1. The molecule has 0 amide bonds. The standard InChI is InChI=1S/C18H19F9O2/c1-12(2,3)29-11-7-5-6-10(8-11)13(4,28)9-14(19)15(20,21)17(24,25)18(26,27)16(14,22)23/h5-8,28H,9H2,1-4H3. The third kappa shape index (κ3) is 3.16. The van der Waals surface area contributed by atoms with Crippen LogP contribution >= 0.6 is 0 Å². The minimum absolute atomic E-state index is 0.0174. The summed E-state index contributed by atoms with van der Waals surface area (Å²) < 4.78 is 129. The highest BCUT2D eigenvalue weighted by Gasteiger charge is 3.00. The lowest BCUT2D eigenvalue weighted by molar-refractivity contribution is -0.303. The van der Waals surface area contributed by atoms with Crippen LogP contribution in [0.25, 0.3) is 0 Å². The van der Waals surface area contributed by atoms with Crippen molar-refractivity contribution < 1.29 is 49.4 Å². The smallest absolute Gasteiger partial charge is 0.381 e. The van der Waals surface area contributed by atoms with Gasteiger partial charge in [-0.25, -0.2) is 4.39 Å². The second-order valence-electron chi connectivity index (χ2n) is 8.29. The summed E-state index contributed by atoms with van der Waals surface area (Å²) in [6.45, 7) is 5.44. The van der Waals surface area contributed by atoms with Gasteiger partial charge in [0.05, 0.1) is 5.60 Å². The van der Waals surface area contributed by atoms with Gasteiger partial charge in [-0.1, -0.05) is 12.1 Å². The number of ether oxygens (including phenoxy) is 1. The van der Waals surface area contributed by atoms with Gasteiger partial charge in [-0.15, -0.1) is 0 Å². The first kappa shape index (κ1) is 23.6. The van der Waals surface area contributed by atoms with Crippen LogP contribution in [0.5, 0.6) is 5.75 Å². The Labute approximate surface area is 160 Å². The summed E-state index contributed by atoms with van der Waals surface area (Å²) in [5.74, 6) is -26.3. The molecular formula is C18H19F9O2. The average molecular weight is 438 g/mol. The maximum Gasteiger partial charge on any atom is 0.381 e. The van der Waals surface area contributed by atoms with Gasteiger partial charge in [0.25, 0.3) is 5.67 Å². The van der Waals surface area contributed by atoms with E-state index in [1.807, 2.05) is 0 Å². The Hall–Kier alpha value is -1.65. The Bertz CT molecular complexity index is 756. The highest BCUT2D eigenvalue weighted by Crippen LogP contribution is 2.70. The average Bonchev–Trinajstić information content (AvgIpc) is 2.55. The molecule has 0 spiro atoms. The largest absolute Gasteiger partial charge is 0.488 e. The quantitative estimate of drug-likeness (QED) is 0.609. The highest BCUT2D eigenvalue weighted by atomic mass is 19.4. The van der Waals surface area contributed by atoms with Gasteiger partial charge >= 0.3 is 23.7 Å². The monoisotopic (exact) mass is 438 g/mol. The molecule has 2 rings (SSSR count). The van der Waals surface area contributed by atoms with Crippen molar-refractivity contribution in [3.63, 3.8) is 0 Å². The van der Waals surface area contributed by atoms with Crippen molar-refractivity contribution in [3.8, 4) is 5.75 Å². The second-order valence-corrected chi connectivity index (χ2v) is 8.29. The Balaban J connectivity index is 2.52. The van der Waals surface area contributed by atoms with E-state index >= 15 is 0 Å². The molecule has 166 valence electrons. The van der Waals surface area contributed by atoms with E-state index < -0.39 is 52.5 Å². The molecule has 1 fully saturated rings. The number of hydrogen-bond donors (Lipinski definition) is 1. The predicted octanol–water partition coefficient (Wildman–Crippen LogP) is 5.72. The molecule has 1 aromatic carbocycles. The second kappa shape index (κ2) is 6.18. The van der Waals surface area contributed by atoms with Crippen LogP contribution in [-0.2, 0) is 5.60 Å². The first-order chi connectivity index (χ1) is 12.6. The third-order valence-corrected chi connectivity index (χ3v) is 4.65. The molecule has 0 saturated heterocycles. The van der Waals surface area contributed by atoms with Crippen molar-refractivity contribution in [2.24, 2.45) is 0 Å². The summed E-state index contributed by atoms with van der Waals surface area (Å²) in [5.41, 5.74) is -9.94. The fourth-order valence-corrected chi connectivity index (χ4v) is 3.14.